The van der Waals surface area contributed by atoms with Crippen molar-refractivity contribution in [2.45, 2.75) is 25.4 Å². The summed E-state index contributed by atoms with van der Waals surface area (Å²) in [5.74, 6) is 0.852. The molecule has 1 saturated heterocycles. The Morgan fingerprint density at radius 2 is 2.28 bits per heavy atom. The van der Waals surface area contributed by atoms with Gasteiger partial charge in [0, 0.05) is 24.7 Å². The van der Waals surface area contributed by atoms with Crippen molar-refractivity contribution in [2.24, 2.45) is 0 Å². The number of likely N-dealkylation sites (tertiary alicyclic amines) is 1. The molecule has 3 nitrogen and oxygen atoms in total. The van der Waals surface area contributed by atoms with Crippen LogP contribution < -0.4 is 4.74 Å². The highest BCUT2D eigenvalue weighted by Gasteiger charge is 2.23. The summed E-state index contributed by atoms with van der Waals surface area (Å²) in [5, 5.41) is 9.47. The van der Waals surface area contributed by atoms with E-state index in [2.05, 4.69) is 4.90 Å². The summed E-state index contributed by atoms with van der Waals surface area (Å²) in [4.78, 5) is 2.39. The Labute approximate surface area is 113 Å². The van der Waals surface area contributed by atoms with Crippen molar-refractivity contribution >= 4 is 11.6 Å². The van der Waals surface area contributed by atoms with Crippen LogP contribution in [0, 0.1) is 0 Å². The van der Waals surface area contributed by atoms with Crippen LogP contribution in [-0.4, -0.2) is 42.4 Å². The van der Waals surface area contributed by atoms with Gasteiger partial charge in [-0.3, -0.25) is 4.90 Å². The molecule has 1 atom stereocenters. The number of nitrogens with zero attached hydrogens (tertiary/aromatic N) is 1. The summed E-state index contributed by atoms with van der Waals surface area (Å²) < 4.78 is 5.92. The van der Waals surface area contributed by atoms with Crippen molar-refractivity contribution in [3.05, 3.63) is 29.3 Å². The average molecular weight is 270 g/mol. The van der Waals surface area contributed by atoms with Crippen LogP contribution in [0.25, 0.3) is 0 Å². The van der Waals surface area contributed by atoms with Crippen LogP contribution in [0.2, 0.25) is 5.02 Å². The summed E-state index contributed by atoms with van der Waals surface area (Å²) >= 11 is 5.93. The van der Waals surface area contributed by atoms with Gasteiger partial charge in [0.15, 0.2) is 0 Å². The standard InChI is InChI=1S/C14H20ClNO2/c15-12-4-3-5-13(10-12)18-14-6-8-16(11-14)7-1-2-9-17/h3-5,10,14,17H,1-2,6-9,11H2. The fraction of sp³-hybridized carbons (Fsp3) is 0.571. The zero-order valence-corrected chi connectivity index (χ0v) is 11.3. The second-order valence-electron chi connectivity index (χ2n) is 4.72. The van der Waals surface area contributed by atoms with E-state index in [-0.39, 0.29) is 12.7 Å². The Hall–Kier alpha value is -0.770. The molecule has 100 valence electrons. The fourth-order valence-corrected chi connectivity index (χ4v) is 2.46. The molecule has 1 aromatic carbocycles. The Kier molecular flexibility index (Phi) is 5.29. The summed E-state index contributed by atoms with van der Waals surface area (Å²) in [6, 6.07) is 7.56. The molecule has 1 aliphatic rings. The van der Waals surface area contributed by atoms with Crippen molar-refractivity contribution in [1.82, 2.24) is 4.90 Å². The van der Waals surface area contributed by atoms with Gasteiger partial charge in [-0.25, -0.2) is 0 Å². The number of hydrogen-bond acceptors (Lipinski definition) is 3. The molecule has 0 aliphatic carbocycles. The van der Waals surface area contributed by atoms with E-state index in [1.54, 1.807) is 0 Å². The largest absolute Gasteiger partial charge is 0.489 e. The predicted octanol–water partition coefficient (Wildman–Crippen LogP) is 2.57. The first kappa shape index (κ1) is 13.7. The van der Waals surface area contributed by atoms with E-state index in [1.165, 1.54) is 0 Å². The van der Waals surface area contributed by atoms with Crippen LogP contribution in [0.1, 0.15) is 19.3 Å². The SMILES string of the molecule is OCCCCN1CCC(Oc2cccc(Cl)c2)C1. The van der Waals surface area contributed by atoms with Gasteiger partial charge in [0.1, 0.15) is 11.9 Å². The van der Waals surface area contributed by atoms with E-state index in [1.807, 2.05) is 24.3 Å². The van der Waals surface area contributed by atoms with Crippen LogP contribution in [-0.2, 0) is 0 Å². The third kappa shape index (κ3) is 4.16. The van der Waals surface area contributed by atoms with Gasteiger partial charge in [-0.05, 0) is 44.0 Å². The third-order valence-corrected chi connectivity index (χ3v) is 3.45. The molecule has 1 unspecified atom stereocenters. The highest BCUT2D eigenvalue weighted by molar-refractivity contribution is 6.30. The van der Waals surface area contributed by atoms with Crippen molar-refractivity contribution in [1.29, 1.82) is 0 Å². The molecular weight excluding hydrogens is 250 g/mol. The maximum absolute atomic E-state index is 8.76. The molecule has 1 heterocycles. The minimum atomic E-state index is 0.262. The van der Waals surface area contributed by atoms with E-state index in [0.29, 0.717) is 5.02 Å². The first-order valence-electron chi connectivity index (χ1n) is 6.53. The maximum atomic E-state index is 8.76. The zero-order valence-electron chi connectivity index (χ0n) is 10.5. The number of rotatable bonds is 6. The van der Waals surface area contributed by atoms with Crippen molar-refractivity contribution in [3.8, 4) is 5.75 Å². The van der Waals surface area contributed by atoms with Crippen LogP contribution in [0.15, 0.2) is 24.3 Å². The number of ether oxygens (including phenoxy) is 1. The van der Waals surface area contributed by atoms with E-state index >= 15 is 0 Å². The van der Waals surface area contributed by atoms with Gasteiger partial charge < -0.3 is 9.84 Å². The lowest BCUT2D eigenvalue weighted by Crippen LogP contribution is -2.25. The molecule has 0 aromatic heterocycles. The third-order valence-electron chi connectivity index (χ3n) is 3.21. The number of unbranched alkanes of at least 4 members (excludes halogenated alkanes) is 1. The fourth-order valence-electron chi connectivity index (χ4n) is 2.28. The maximum Gasteiger partial charge on any atom is 0.121 e. The lowest BCUT2D eigenvalue weighted by Gasteiger charge is -2.16. The average Bonchev–Trinajstić information content (AvgIpc) is 2.77. The quantitative estimate of drug-likeness (QED) is 0.806. The monoisotopic (exact) mass is 269 g/mol. The number of aliphatic hydroxyl groups is 1. The van der Waals surface area contributed by atoms with Crippen molar-refractivity contribution in [2.75, 3.05) is 26.2 Å². The van der Waals surface area contributed by atoms with E-state index < -0.39 is 0 Å². The van der Waals surface area contributed by atoms with Gasteiger partial charge in [0.2, 0.25) is 0 Å². The van der Waals surface area contributed by atoms with Gasteiger partial charge >= 0.3 is 0 Å². The van der Waals surface area contributed by atoms with E-state index in [0.717, 1.165) is 44.6 Å². The molecule has 1 fully saturated rings. The Morgan fingerprint density at radius 1 is 1.39 bits per heavy atom. The zero-order chi connectivity index (χ0) is 12.8. The molecule has 1 aliphatic heterocycles. The van der Waals surface area contributed by atoms with Crippen molar-refractivity contribution in [3.63, 3.8) is 0 Å². The topological polar surface area (TPSA) is 32.7 Å². The molecule has 18 heavy (non-hydrogen) atoms. The molecule has 1 N–H and O–H groups in total. The van der Waals surface area contributed by atoms with Crippen LogP contribution >= 0.6 is 11.6 Å². The van der Waals surface area contributed by atoms with Crippen LogP contribution in [0.3, 0.4) is 0 Å². The first-order valence-corrected chi connectivity index (χ1v) is 6.91. The molecular formula is C14H20ClNO2. The highest BCUT2D eigenvalue weighted by atomic mass is 35.5. The summed E-state index contributed by atoms with van der Waals surface area (Å²) in [7, 11) is 0. The van der Waals surface area contributed by atoms with E-state index in [4.69, 9.17) is 21.4 Å². The van der Waals surface area contributed by atoms with Gasteiger partial charge in [0.05, 0.1) is 0 Å². The van der Waals surface area contributed by atoms with Gasteiger partial charge in [-0.2, -0.15) is 0 Å². The summed E-state index contributed by atoms with van der Waals surface area (Å²) in [6.07, 6.45) is 3.26. The number of aliphatic hydroxyl groups excluding tert-OH is 1. The van der Waals surface area contributed by atoms with Crippen LogP contribution in [0.5, 0.6) is 5.75 Å². The Morgan fingerprint density at radius 3 is 3.06 bits per heavy atom. The second kappa shape index (κ2) is 6.98. The Balaban J connectivity index is 1.75. The normalized spacial score (nSPS) is 20.2. The first-order chi connectivity index (χ1) is 8.78. The molecule has 0 spiro atoms. The highest BCUT2D eigenvalue weighted by Crippen LogP contribution is 2.21. The minimum absolute atomic E-state index is 0.262. The molecule has 0 saturated carbocycles. The van der Waals surface area contributed by atoms with E-state index in [9.17, 15) is 0 Å². The molecule has 1 aromatic rings. The minimum Gasteiger partial charge on any atom is -0.489 e. The van der Waals surface area contributed by atoms with Gasteiger partial charge in [0.25, 0.3) is 0 Å². The van der Waals surface area contributed by atoms with Crippen molar-refractivity contribution < 1.29 is 9.84 Å². The predicted molar refractivity (Wildman–Crippen MR) is 73.2 cm³/mol. The molecule has 0 amide bonds. The molecule has 4 heteroatoms. The number of benzene rings is 1. The lowest BCUT2D eigenvalue weighted by molar-refractivity contribution is 0.197. The number of hydrogen-bond donors (Lipinski definition) is 1. The Bertz CT molecular complexity index is 373. The number of halogens is 1. The summed E-state index contributed by atoms with van der Waals surface area (Å²) in [6.45, 7) is 3.39. The smallest absolute Gasteiger partial charge is 0.121 e. The molecule has 2 rings (SSSR count). The summed E-state index contributed by atoms with van der Waals surface area (Å²) in [5.41, 5.74) is 0. The lowest BCUT2D eigenvalue weighted by atomic mass is 10.3. The van der Waals surface area contributed by atoms with Gasteiger partial charge in [-0.1, -0.05) is 17.7 Å². The molecule has 0 bridgehead atoms. The van der Waals surface area contributed by atoms with Crippen LogP contribution in [0.4, 0.5) is 0 Å². The van der Waals surface area contributed by atoms with Gasteiger partial charge in [-0.15, -0.1) is 0 Å². The molecule has 0 radical (unpaired) electrons. The second-order valence-corrected chi connectivity index (χ2v) is 5.15.